The van der Waals surface area contributed by atoms with Gasteiger partial charge in [-0.25, -0.2) is 4.98 Å². The number of nitrogens with one attached hydrogen (secondary N) is 2. The van der Waals surface area contributed by atoms with E-state index in [1.54, 1.807) is 43.5 Å². The maximum atomic E-state index is 13.2. The number of aromatic nitrogens is 1. The summed E-state index contributed by atoms with van der Waals surface area (Å²) in [6, 6.07) is 8.42. The number of rotatable bonds is 10. The lowest BCUT2D eigenvalue weighted by molar-refractivity contribution is -0.145. The summed E-state index contributed by atoms with van der Waals surface area (Å²) >= 11 is 0. The van der Waals surface area contributed by atoms with Gasteiger partial charge in [-0.15, -0.1) is 0 Å². The molecule has 1 saturated heterocycles. The number of nitrogens with zero attached hydrogens (tertiary/aromatic N) is 2. The van der Waals surface area contributed by atoms with Gasteiger partial charge in [0, 0.05) is 55.0 Å². The summed E-state index contributed by atoms with van der Waals surface area (Å²) in [7, 11) is 1.48. The van der Waals surface area contributed by atoms with Crippen LogP contribution >= 0.6 is 0 Å². The number of nitrogens with two attached hydrogens (primary N) is 1. The molecule has 1 atom stereocenters. The molecule has 35 heavy (non-hydrogen) atoms. The lowest BCUT2D eigenvalue weighted by atomic mass is 10.00. The molecular formula is C25H33N5O5. The minimum atomic E-state index is -1.10. The third kappa shape index (κ3) is 6.34. The van der Waals surface area contributed by atoms with Gasteiger partial charge in [-0.3, -0.25) is 19.9 Å². The zero-order valence-electron chi connectivity index (χ0n) is 20.6. The Morgan fingerprint density at radius 2 is 2.06 bits per heavy atom. The number of hydrogen-bond acceptors (Lipinski definition) is 9. The molecule has 1 aliphatic heterocycles. The molecule has 0 saturated carbocycles. The number of amides is 1. The van der Waals surface area contributed by atoms with Crippen molar-refractivity contribution in [2.75, 3.05) is 44.4 Å². The Morgan fingerprint density at radius 1 is 1.29 bits per heavy atom. The van der Waals surface area contributed by atoms with Gasteiger partial charge in [0.1, 0.15) is 0 Å². The average molecular weight is 484 g/mol. The predicted molar refractivity (Wildman–Crippen MR) is 133 cm³/mol. The molecule has 188 valence electrons. The Kier molecular flexibility index (Phi) is 8.42. The van der Waals surface area contributed by atoms with Gasteiger partial charge >= 0.3 is 5.97 Å². The third-order valence-electron chi connectivity index (χ3n) is 5.74. The first-order valence-electron chi connectivity index (χ1n) is 11.5. The molecule has 1 fully saturated rings. The van der Waals surface area contributed by atoms with E-state index < -0.39 is 5.60 Å². The van der Waals surface area contributed by atoms with E-state index in [1.165, 1.54) is 7.11 Å². The van der Waals surface area contributed by atoms with Crippen LogP contribution in [0.4, 0.5) is 11.4 Å². The molecule has 2 aromatic rings. The monoisotopic (exact) mass is 483 g/mol. The number of likely N-dealkylation sites (tertiary alicyclic amines) is 1. The molecule has 1 aromatic heterocycles. The van der Waals surface area contributed by atoms with Gasteiger partial charge in [0.2, 0.25) is 5.88 Å². The Balaban J connectivity index is 1.73. The first-order chi connectivity index (χ1) is 16.7. The Hall–Kier alpha value is -3.50. The summed E-state index contributed by atoms with van der Waals surface area (Å²) in [5.41, 5.74) is 7.13. The summed E-state index contributed by atoms with van der Waals surface area (Å²) in [6.07, 6.45) is 1.99. The number of esters is 1. The minimum absolute atomic E-state index is 0.00348. The Bertz CT molecular complexity index is 1070. The number of nitrogen functional groups attached to an aromatic ring is 1. The fraction of sp³-hybridized carbons (Fsp3) is 0.440. The second-order valence-corrected chi connectivity index (χ2v) is 8.65. The number of benzene rings is 1. The fourth-order valence-corrected chi connectivity index (χ4v) is 3.92. The van der Waals surface area contributed by atoms with Crippen molar-refractivity contribution < 1.29 is 23.8 Å². The molecular weight excluding hydrogens is 450 g/mol. The summed E-state index contributed by atoms with van der Waals surface area (Å²) in [4.78, 5) is 31.1. The number of carbonyl (C=O) groups is 2. The van der Waals surface area contributed by atoms with Crippen LogP contribution in [0.15, 0.2) is 36.5 Å². The maximum absolute atomic E-state index is 13.2. The van der Waals surface area contributed by atoms with E-state index in [2.05, 4.69) is 10.3 Å². The van der Waals surface area contributed by atoms with Gasteiger partial charge in [-0.1, -0.05) is 0 Å². The number of anilines is 2. The van der Waals surface area contributed by atoms with Crippen molar-refractivity contribution in [3.63, 3.8) is 0 Å². The van der Waals surface area contributed by atoms with Crippen LogP contribution in [-0.2, 0) is 19.1 Å². The first-order valence-corrected chi connectivity index (χ1v) is 11.5. The molecule has 3 rings (SSSR count). The van der Waals surface area contributed by atoms with Crippen molar-refractivity contribution in [1.29, 1.82) is 5.41 Å². The second-order valence-electron chi connectivity index (χ2n) is 8.65. The lowest BCUT2D eigenvalue weighted by Gasteiger charge is -2.27. The van der Waals surface area contributed by atoms with Gasteiger partial charge in [0.25, 0.3) is 5.91 Å². The fourth-order valence-electron chi connectivity index (χ4n) is 3.92. The largest absolute Gasteiger partial charge is 0.475 e. The molecule has 4 N–H and O–H groups in total. The third-order valence-corrected chi connectivity index (χ3v) is 5.74. The van der Waals surface area contributed by atoms with E-state index in [0.717, 1.165) is 0 Å². The normalized spacial score (nSPS) is 17.9. The molecule has 2 heterocycles. The molecule has 1 aliphatic rings. The van der Waals surface area contributed by atoms with Crippen LogP contribution in [0.3, 0.4) is 0 Å². The van der Waals surface area contributed by atoms with Crippen LogP contribution < -0.4 is 15.8 Å². The highest BCUT2D eigenvalue weighted by Gasteiger charge is 2.45. The topological polar surface area (TPSA) is 140 Å². The van der Waals surface area contributed by atoms with Crippen molar-refractivity contribution in [2.24, 2.45) is 0 Å². The van der Waals surface area contributed by atoms with Crippen molar-refractivity contribution in [3.8, 4) is 5.88 Å². The van der Waals surface area contributed by atoms with Gasteiger partial charge in [0.05, 0.1) is 25.0 Å². The van der Waals surface area contributed by atoms with Crippen molar-refractivity contribution in [1.82, 2.24) is 9.88 Å². The molecule has 1 aromatic carbocycles. The van der Waals surface area contributed by atoms with Crippen molar-refractivity contribution in [2.45, 2.75) is 38.9 Å². The summed E-state index contributed by atoms with van der Waals surface area (Å²) in [5, 5.41) is 11.5. The van der Waals surface area contributed by atoms with Crippen molar-refractivity contribution >= 4 is 29.0 Å². The average Bonchev–Trinajstić information content (AvgIpc) is 3.24. The number of pyridine rings is 1. The summed E-state index contributed by atoms with van der Waals surface area (Å²) in [5.74, 6) is -0.186. The Labute approximate surface area is 205 Å². The molecule has 0 unspecified atom stereocenters. The maximum Gasteiger partial charge on any atom is 0.320 e. The van der Waals surface area contributed by atoms with Gasteiger partial charge in [-0.2, -0.15) is 0 Å². The van der Waals surface area contributed by atoms with Gasteiger partial charge in [0.15, 0.2) is 5.60 Å². The van der Waals surface area contributed by atoms with E-state index in [9.17, 15) is 9.59 Å². The van der Waals surface area contributed by atoms with E-state index in [1.807, 2.05) is 18.7 Å². The molecule has 0 bridgehead atoms. The van der Waals surface area contributed by atoms with E-state index >= 15 is 0 Å². The van der Waals surface area contributed by atoms with E-state index in [4.69, 9.17) is 25.4 Å². The quantitative estimate of drug-likeness (QED) is 0.266. The highest BCUT2D eigenvalue weighted by Crippen LogP contribution is 2.28. The zero-order valence-corrected chi connectivity index (χ0v) is 20.6. The molecule has 0 radical (unpaired) electrons. The minimum Gasteiger partial charge on any atom is -0.475 e. The highest BCUT2D eigenvalue weighted by atomic mass is 16.5. The van der Waals surface area contributed by atoms with Crippen LogP contribution in [0.2, 0.25) is 0 Å². The van der Waals surface area contributed by atoms with Crippen LogP contribution in [0, 0.1) is 5.41 Å². The molecule has 10 nitrogen and oxygen atoms in total. The van der Waals surface area contributed by atoms with E-state index in [0.29, 0.717) is 48.0 Å². The first kappa shape index (κ1) is 26.1. The lowest BCUT2D eigenvalue weighted by Crippen LogP contribution is -2.47. The molecule has 0 aliphatic carbocycles. The number of hydrogen-bond donors (Lipinski definition) is 3. The van der Waals surface area contributed by atoms with Crippen molar-refractivity contribution in [3.05, 3.63) is 47.7 Å². The highest BCUT2D eigenvalue weighted by molar-refractivity contribution is 6.14. The number of methoxy groups -OCH3 is 1. The van der Waals surface area contributed by atoms with E-state index in [-0.39, 0.29) is 36.8 Å². The SMILES string of the molecule is CCOC(=O)CN1CC[C@@](OC)(C(=O)Nc2ccc(N)c(C(=N)c3ccc(OC(C)C)nc3)c2)C1. The predicted octanol–water partition coefficient (Wildman–Crippen LogP) is 2.46. The Morgan fingerprint density at radius 3 is 2.69 bits per heavy atom. The number of carbonyl (C=O) groups excluding carboxylic acids is 2. The molecule has 1 amide bonds. The molecule has 0 spiro atoms. The van der Waals surface area contributed by atoms with Gasteiger partial charge < -0.3 is 25.3 Å². The van der Waals surface area contributed by atoms with Crippen LogP contribution in [0.25, 0.3) is 0 Å². The second kappa shape index (κ2) is 11.3. The number of ether oxygens (including phenoxy) is 3. The van der Waals surface area contributed by atoms with Crippen LogP contribution in [0.1, 0.15) is 38.3 Å². The summed E-state index contributed by atoms with van der Waals surface area (Å²) < 4.78 is 16.2. The summed E-state index contributed by atoms with van der Waals surface area (Å²) in [6.45, 7) is 6.78. The van der Waals surface area contributed by atoms with Crippen LogP contribution in [0.5, 0.6) is 5.88 Å². The smallest absolute Gasteiger partial charge is 0.320 e. The van der Waals surface area contributed by atoms with Gasteiger partial charge in [-0.05, 0) is 51.5 Å². The standard InChI is InChI=1S/C25H33N5O5/c1-5-34-22(31)14-30-11-10-25(15-30,33-4)24(32)29-18-7-8-20(26)19(12-18)23(27)17-6-9-21(28-13-17)35-16(2)3/h6-9,12-13,16,27H,5,10-11,14-15,26H2,1-4H3,(H,29,32)/t25-/m0/s1. The molecule has 10 heteroatoms. The zero-order chi connectivity index (χ0) is 25.6. The van der Waals surface area contributed by atoms with Crippen LogP contribution in [-0.4, -0.2) is 72.5 Å².